The highest BCUT2D eigenvalue weighted by Gasteiger charge is 2.30. The van der Waals surface area contributed by atoms with Crippen LogP contribution in [0.1, 0.15) is 49.5 Å². The summed E-state index contributed by atoms with van der Waals surface area (Å²) in [5.41, 5.74) is 2.92. The molecule has 148 valence electrons. The molecule has 1 heterocycles. The second-order valence-electron chi connectivity index (χ2n) is 8.63. The summed E-state index contributed by atoms with van der Waals surface area (Å²) in [7, 11) is 1.83. The van der Waals surface area contributed by atoms with Crippen LogP contribution in [0, 0.1) is 5.92 Å². The summed E-state index contributed by atoms with van der Waals surface area (Å²) < 4.78 is 0. The maximum absolute atomic E-state index is 12.8. The fourth-order valence-corrected chi connectivity index (χ4v) is 3.68. The summed E-state index contributed by atoms with van der Waals surface area (Å²) >= 11 is 0. The van der Waals surface area contributed by atoms with Gasteiger partial charge in [-0.3, -0.25) is 9.59 Å². The number of anilines is 1. The predicted octanol–water partition coefficient (Wildman–Crippen LogP) is 4.50. The maximum Gasteiger partial charge on any atom is 0.253 e. The van der Waals surface area contributed by atoms with E-state index in [2.05, 4.69) is 20.8 Å². The molecule has 2 aromatic rings. The molecule has 28 heavy (non-hydrogen) atoms. The number of piperidine rings is 1. The second kappa shape index (κ2) is 8.17. The van der Waals surface area contributed by atoms with Crippen molar-refractivity contribution in [2.45, 2.75) is 39.0 Å². The van der Waals surface area contributed by atoms with E-state index in [0.29, 0.717) is 25.9 Å². The van der Waals surface area contributed by atoms with Gasteiger partial charge in [-0.25, -0.2) is 0 Å². The Morgan fingerprint density at radius 2 is 1.50 bits per heavy atom. The maximum atomic E-state index is 12.8. The van der Waals surface area contributed by atoms with E-state index in [1.807, 2.05) is 66.5 Å². The topological polar surface area (TPSA) is 40.6 Å². The highest BCUT2D eigenvalue weighted by Crippen LogP contribution is 2.25. The molecule has 4 heteroatoms. The fraction of sp³-hybridized carbons (Fsp3) is 0.417. The van der Waals surface area contributed by atoms with Gasteiger partial charge >= 0.3 is 0 Å². The summed E-state index contributed by atoms with van der Waals surface area (Å²) in [5, 5.41) is 0. The van der Waals surface area contributed by atoms with Crippen LogP contribution in [0.15, 0.2) is 54.6 Å². The van der Waals surface area contributed by atoms with E-state index in [-0.39, 0.29) is 23.1 Å². The molecular weight excluding hydrogens is 348 g/mol. The van der Waals surface area contributed by atoms with Crippen molar-refractivity contribution in [2.24, 2.45) is 5.92 Å². The Bertz CT molecular complexity index is 814. The predicted molar refractivity (Wildman–Crippen MR) is 114 cm³/mol. The van der Waals surface area contributed by atoms with E-state index in [1.54, 1.807) is 4.90 Å². The molecule has 0 bridgehead atoms. The number of benzene rings is 2. The first-order chi connectivity index (χ1) is 13.3. The van der Waals surface area contributed by atoms with Gasteiger partial charge in [-0.1, -0.05) is 51.1 Å². The van der Waals surface area contributed by atoms with Crippen molar-refractivity contribution >= 4 is 17.5 Å². The molecule has 0 unspecified atom stereocenters. The molecule has 0 N–H and O–H groups in total. The minimum atomic E-state index is -0.0301. The summed E-state index contributed by atoms with van der Waals surface area (Å²) in [6.45, 7) is 7.74. The number of carbonyl (C=O) groups excluding carboxylic acids is 2. The SMILES string of the molecule is CN(C(=O)C1CCN(C(=O)c2ccc(C(C)(C)C)cc2)CC1)c1ccccc1. The summed E-state index contributed by atoms with van der Waals surface area (Å²) in [5.74, 6) is 0.160. The number of carbonyl (C=O) groups is 2. The lowest BCUT2D eigenvalue weighted by Crippen LogP contribution is -2.43. The van der Waals surface area contributed by atoms with Crippen LogP contribution in [0.2, 0.25) is 0 Å². The van der Waals surface area contributed by atoms with E-state index in [1.165, 1.54) is 5.56 Å². The van der Waals surface area contributed by atoms with Gasteiger partial charge in [-0.15, -0.1) is 0 Å². The van der Waals surface area contributed by atoms with Gasteiger partial charge in [0, 0.05) is 37.3 Å². The van der Waals surface area contributed by atoms with Gasteiger partial charge in [0.05, 0.1) is 0 Å². The molecule has 4 nitrogen and oxygen atoms in total. The van der Waals surface area contributed by atoms with Crippen LogP contribution in [-0.2, 0) is 10.2 Å². The van der Waals surface area contributed by atoms with Crippen LogP contribution in [-0.4, -0.2) is 36.9 Å². The smallest absolute Gasteiger partial charge is 0.253 e. The number of likely N-dealkylation sites (tertiary alicyclic amines) is 1. The Morgan fingerprint density at radius 3 is 2.04 bits per heavy atom. The van der Waals surface area contributed by atoms with E-state index >= 15 is 0 Å². The zero-order valence-corrected chi connectivity index (χ0v) is 17.3. The summed E-state index contributed by atoms with van der Waals surface area (Å²) in [6.07, 6.45) is 1.42. The van der Waals surface area contributed by atoms with Crippen molar-refractivity contribution in [3.8, 4) is 0 Å². The number of hydrogen-bond donors (Lipinski definition) is 0. The Kier molecular flexibility index (Phi) is 5.87. The van der Waals surface area contributed by atoms with Crippen LogP contribution in [0.4, 0.5) is 5.69 Å². The molecular formula is C24H30N2O2. The molecule has 0 saturated carbocycles. The number of para-hydroxylation sites is 1. The molecule has 0 aliphatic carbocycles. The summed E-state index contributed by atoms with van der Waals surface area (Å²) in [6, 6.07) is 17.6. The van der Waals surface area contributed by atoms with Gasteiger partial charge in [0.15, 0.2) is 0 Å². The van der Waals surface area contributed by atoms with Gasteiger partial charge in [-0.2, -0.15) is 0 Å². The molecule has 1 aliphatic heterocycles. The molecule has 0 atom stereocenters. The first kappa shape index (κ1) is 20.1. The van der Waals surface area contributed by atoms with Crippen LogP contribution < -0.4 is 4.90 Å². The highest BCUT2D eigenvalue weighted by molar-refractivity contribution is 5.96. The monoisotopic (exact) mass is 378 g/mol. The Hall–Kier alpha value is -2.62. The molecule has 0 spiro atoms. The van der Waals surface area contributed by atoms with Crippen LogP contribution >= 0.6 is 0 Å². The van der Waals surface area contributed by atoms with Crippen molar-refractivity contribution in [3.05, 3.63) is 65.7 Å². The molecule has 0 radical (unpaired) electrons. The van der Waals surface area contributed by atoms with Gasteiger partial charge in [0.1, 0.15) is 0 Å². The standard InChI is InChI=1S/C24H30N2O2/c1-24(2,3)20-12-10-18(11-13-20)23(28)26-16-14-19(15-17-26)22(27)25(4)21-8-6-5-7-9-21/h5-13,19H,14-17H2,1-4H3. The average molecular weight is 379 g/mol. The van der Waals surface area contributed by atoms with E-state index in [4.69, 9.17) is 0 Å². The number of rotatable bonds is 3. The van der Waals surface area contributed by atoms with Crippen molar-refractivity contribution in [1.82, 2.24) is 4.90 Å². The third-order valence-electron chi connectivity index (χ3n) is 5.60. The lowest BCUT2D eigenvalue weighted by Gasteiger charge is -2.33. The molecule has 0 aromatic heterocycles. The Labute approximate surface area is 168 Å². The molecule has 1 fully saturated rings. The van der Waals surface area contributed by atoms with Gasteiger partial charge in [-0.05, 0) is 48.1 Å². The lowest BCUT2D eigenvalue weighted by atomic mass is 9.86. The second-order valence-corrected chi connectivity index (χ2v) is 8.63. The average Bonchev–Trinajstić information content (AvgIpc) is 2.72. The fourth-order valence-electron chi connectivity index (χ4n) is 3.68. The van der Waals surface area contributed by atoms with E-state index < -0.39 is 0 Å². The lowest BCUT2D eigenvalue weighted by molar-refractivity contribution is -0.123. The molecule has 1 saturated heterocycles. The minimum absolute atomic E-state index is 0.0301. The first-order valence-corrected chi connectivity index (χ1v) is 10.00. The quantitative estimate of drug-likeness (QED) is 0.789. The van der Waals surface area contributed by atoms with Crippen molar-refractivity contribution in [2.75, 3.05) is 25.0 Å². The Morgan fingerprint density at radius 1 is 0.929 bits per heavy atom. The summed E-state index contributed by atoms with van der Waals surface area (Å²) in [4.78, 5) is 29.2. The third-order valence-corrected chi connectivity index (χ3v) is 5.60. The Balaban J connectivity index is 1.59. The van der Waals surface area contributed by atoms with E-state index in [9.17, 15) is 9.59 Å². The largest absolute Gasteiger partial charge is 0.339 e. The van der Waals surface area contributed by atoms with Gasteiger partial charge in [0.2, 0.25) is 5.91 Å². The third kappa shape index (κ3) is 4.44. The molecule has 2 amide bonds. The molecule has 2 aromatic carbocycles. The van der Waals surface area contributed by atoms with Crippen LogP contribution in [0.5, 0.6) is 0 Å². The zero-order chi connectivity index (χ0) is 20.3. The number of nitrogens with zero attached hydrogens (tertiary/aromatic N) is 2. The van der Waals surface area contributed by atoms with Crippen LogP contribution in [0.3, 0.4) is 0 Å². The van der Waals surface area contributed by atoms with E-state index in [0.717, 1.165) is 11.3 Å². The first-order valence-electron chi connectivity index (χ1n) is 10.00. The van der Waals surface area contributed by atoms with Crippen LogP contribution in [0.25, 0.3) is 0 Å². The van der Waals surface area contributed by atoms with Gasteiger partial charge in [0.25, 0.3) is 5.91 Å². The molecule has 3 rings (SSSR count). The molecule has 1 aliphatic rings. The van der Waals surface area contributed by atoms with Crippen molar-refractivity contribution in [3.63, 3.8) is 0 Å². The van der Waals surface area contributed by atoms with Crippen molar-refractivity contribution < 1.29 is 9.59 Å². The van der Waals surface area contributed by atoms with Gasteiger partial charge < -0.3 is 9.80 Å². The highest BCUT2D eigenvalue weighted by atomic mass is 16.2. The number of amides is 2. The normalized spacial score (nSPS) is 15.4. The zero-order valence-electron chi connectivity index (χ0n) is 17.3. The number of hydrogen-bond acceptors (Lipinski definition) is 2. The van der Waals surface area contributed by atoms with Crippen molar-refractivity contribution in [1.29, 1.82) is 0 Å². The minimum Gasteiger partial charge on any atom is -0.339 e.